The zero-order valence-electron chi connectivity index (χ0n) is 14.9. The number of aliphatic carboxylic acids is 1. The van der Waals surface area contributed by atoms with Crippen LogP contribution in [0.25, 0.3) is 21.7 Å². The Balaban J connectivity index is 1.88. The molecule has 0 spiro atoms. The third-order valence-electron chi connectivity index (χ3n) is 4.43. The zero-order valence-corrected chi connectivity index (χ0v) is 14.9. The first-order valence-electron chi connectivity index (χ1n) is 8.65. The monoisotopic (exact) mass is 371 g/mol. The van der Waals surface area contributed by atoms with Crippen LogP contribution in [0.15, 0.2) is 34.9 Å². The van der Waals surface area contributed by atoms with Gasteiger partial charge in [0.2, 0.25) is 0 Å². The van der Waals surface area contributed by atoms with Gasteiger partial charge in [-0.05, 0) is 55.5 Å². The lowest BCUT2D eigenvalue weighted by atomic mass is 10.1. The molecule has 2 aromatic carbocycles. The summed E-state index contributed by atoms with van der Waals surface area (Å²) in [5, 5.41) is 17.9. The molecule has 0 saturated heterocycles. The van der Waals surface area contributed by atoms with Crippen LogP contribution in [0.3, 0.4) is 0 Å². The van der Waals surface area contributed by atoms with Crippen LogP contribution in [0.1, 0.15) is 29.8 Å². The summed E-state index contributed by atoms with van der Waals surface area (Å²) in [7, 11) is 1.59. The highest BCUT2D eigenvalue weighted by molar-refractivity contribution is 6.12. The first kappa shape index (κ1) is 18.7. The minimum Gasteiger partial charge on any atom is -0.497 e. The second kappa shape index (κ2) is 8.05. The van der Waals surface area contributed by atoms with Gasteiger partial charge in [-0.25, -0.2) is 4.79 Å². The van der Waals surface area contributed by atoms with Gasteiger partial charge >= 0.3 is 5.97 Å². The number of aromatic nitrogens is 1. The van der Waals surface area contributed by atoms with Gasteiger partial charge in [-0.2, -0.15) is 0 Å². The number of carbonyl (C=O) groups is 2. The van der Waals surface area contributed by atoms with Gasteiger partial charge in [0, 0.05) is 5.39 Å². The van der Waals surface area contributed by atoms with Crippen molar-refractivity contribution >= 4 is 33.6 Å². The highest BCUT2D eigenvalue weighted by Gasteiger charge is 2.24. The van der Waals surface area contributed by atoms with Crippen molar-refractivity contribution in [1.29, 1.82) is 0 Å². The van der Waals surface area contributed by atoms with Gasteiger partial charge in [-0.1, -0.05) is 11.2 Å². The molecular formula is C19H21N3O5. The fourth-order valence-corrected chi connectivity index (χ4v) is 2.97. The lowest BCUT2D eigenvalue weighted by Crippen LogP contribution is -2.41. The highest BCUT2D eigenvalue weighted by Crippen LogP contribution is 2.30. The number of carboxylic acids is 1. The Morgan fingerprint density at radius 3 is 2.74 bits per heavy atom. The molecule has 8 heteroatoms. The normalized spacial score (nSPS) is 12.2. The Labute approximate surface area is 155 Å². The Morgan fingerprint density at radius 2 is 2.04 bits per heavy atom. The topological polar surface area (TPSA) is 128 Å². The standard InChI is InChI=1S/C19H21N3O5/c1-26-12-6-8-13-11(10-12)5-7-14-16(22-27-17(13)14)18(23)21-15(19(24)25)4-2-3-9-20/h5-8,10,15H,2-4,9,20H2,1H3,(H,21,23)(H,24,25)/t15-/m0/s1. The molecule has 4 N–H and O–H groups in total. The molecule has 0 aliphatic heterocycles. The molecule has 3 aromatic rings. The minimum atomic E-state index is -1.09. The van der Waals surface area contributed by atoms with Crippen LogP contribution in [0.2, 0.25) is 0 Å². The number of nitrogens with zero attached hydrogens (tertiary/aromatic N) is 1. The van der Waals surface area contributed by atoms with Crippen LogP contribution in [-0.2, 0) is 4.79 Å². The number of hydrogen-bond donors (Lipinski definition) is 3. The lowest BCUT2D eigenvalue weighted by Gasteiger charge is -2.13. The van der Waals surface area contributed by atoms with Gasteiger partial charge in [-0.15, -0.1) is 0 Å². The number of benzene rings is 2. The largest absolute Gasteiger partial charge is 0.497 e. The maximum atomic E-state index is 12.6. The van der Waals surface area contributed by atoms with Crippen molar-refractivity contribution in [1.82, 2.24) is 10.5 Å². The first-order valence-corrected chi connectivity index (χ1v) is 8.65. The number of methoxy groups -OCH3 is 1. The Bertz CT molecular complexity index is 982. The second-order valence-corrected chi connectivity index (χ2v) is 6.21. The smallest absolute Gasteiger partial charge is 0.326 e. The summed E-state index contributed by atoms with van der Waals surface area (Å²) < 4.78 is 10.6. The molecule has 0 fully saturated rings. The van der Waals surface area contributed by atoms with Gasteiger partial charge < -0.3 is 25.4 Å². The average molecular weight is 371 g/mol. The molecule has 0 saturated carbocycles. The van der Waals surface area contributed by atoms with E-state index in [2.05, 4.69) is 10.5 Å². The molecular weight excluding hydrogens is 350 g/mol. The van der Waals surface area contributed by atoms with Crippen molar-refractivity contribution in [2.75, 3.05) is 13.7 Å². The van der Waals surface area contributed by atoms with Gasteiger partial charge in [0.25, 0.3) is 5.91 Å². The van der Waals surface area contributed by atoms with E-state index in [1.165, 1.54) is 0 Å². The van der Waals surface area contributed by atoms with Crippen molar-refractivity contribution in [3.8, 4) is 5.75 Å². The van der Waals surface area contributed by atoms with Crippen molar-refractivity contribution in [2.45, 2.75) is 25.3 Å². The molecule has 0 radical (unpaired) electrons. The lowest BCUT2D eigenvalue weighted by molar-refractivity contribution is -0.139. The summed E-state index contributed by atoms with van der Waals surface area (Å²) in [4.78, 5) is 24.0. The number of nitrogens with one attached hydrogen (secondary N) is 1. The van der Waals surface area contributed by atoms with Gasteiger partial charge in [-0.3, -0.25) is 4.79 Å². The SMILES string of the molecule is COc1ccc2c(ccc3c(C(=O)N[C@@H](CCCCN)C(=O)O)noc32)c1. The summed E-state index contributed by atoms with van der Waals surface area (Å²) in [5.41, 5.74) is 5.96. The molecule has 1 heterocycles. The van der Waals surface area contributed by atoms with E-state index in [4.69, 9.17) is 15.0 Å². The number of ether oxygens (including phenoxy) is 1. The maximum absolute atomic E-state index is 12.6. The van der Waals surface area contributed by atoms with Crippen LogP contribution in [0.5, 0.6) is 5.75 Å². The molecule has 0 bridgehead atoms. The molecule has 1 aromatic heterocycles. The van der Waals surface area contributed by atoms with Gasteiger partial charge in [0.05, 0.1) is 12.5 Å². The molecule has 1 amide bonds. The van der Waals surface area contributed by atoms with E-state index in [0.29, 0.717) is 42.5 Å². The third-order valence-corrected chi connectivity index (χ3v) is 4.43. The molecule has 0 aliphatic rings. The maximum Gasteiger partial charge on any atom is 0.326 e. The zero-order chi connectivity index (χ0) is 19.4. The Hall–Kier alpha value is -3.13. The number of unbranched alkanes of at least 4 members (excludes halogenated alkanes) is 1. The van der Waals surface area contributed by atoms with Crippen LogP contribution in [0.4, 0.5) is 0 Å². The van der Waals surface area contributed by atoms with E-state index in [1.54, 1.807) is 19.2 Å². The molecule has 1 atom stereocenters. The second-order valence-electron chi connectivity index (χ2n) is 6.21. The highest BCUT2D eigenvalue weighted by atomic mass is 16.5. The third kappa shape index (κ3) is 3.85. The predicted molar refractivity (Wildman–Crippen MR) is 99.9 cm³/mol. The molecule has 8 nitrogen and oxygen atoms in total. The summed E-state index contributed by atoms with van der Waals surface area (Å²) in [5.74, 6) is -0.964. The predicted octanol–water partition coefficient (Wildman–Crippen LogP) is 2.30. The Kier molecular flexibility index (Phi) is 5.56. The van der Waals surface area contributed by atoms with E-state index in [1.807, 2.05) is 18.2 Å². The molecule has 0 aliphatic carbocycles. The van der Waals surface area contributed by atoms with E-state index in [-0.39, 0.29) is 5.69 Å². The van der Waals surface area contributed by atoms with Crippen LogP contribution in [0, 0.1) is 0 Å². The van der Waals surface area contributed by atoms with Crippen LogP contribution in [-0.4, -0.2) is 41.8 Å². The fraction of sp³-hybridized carbons (Fsp3) is 0.316. The van der Waals surface area contributed by atoms with Crippen LogP contribution >= 0.6 is 0 Å². The van der Waals surface area contributed by atoms with Crippen molar-refractivity contribution in [2.24, 2.45) is 5.73 Å². The molecule has 3 rings (SSSR count). The van der Waals surface area contributed by atoms with Crippen molar-refractivity contribution in [3.05, 3.63) is 36.0 Å². The average Bonchev–Trinajstić information content (AvgIpc) is 3.11. The number of carbonyl (C=O) groups excluding carboxylic acids is 1. The summed E-state index contributed by atoms with van der Waals surface area (Å²) in [6.07, 6.45) is 1.61. The number of carboxylic acid groups (broad SMARTS) is 1. The van der Waals surface area contributed by atoms with Gasteiger partial charge in [0.1, 0.15) is 11.8 Å². The summed E-state index contributed by atoms with van der Waals surface area (Å²) in [6.45, 7) is 0.478. The minimum absolute atomic E-state index is 0.0628. The van der Waals surface area contributed by atoms with E-state index in [9.17, 15) is 14.7 Å². The van der Waals surface area contributed by atoms with Crippen LogP contribution < -0.4 is 15.8 Å². The first-order chi connectivity index (χ1) is 13.0. The number of rotatable bonds is 8. The fourth-order valence-electron chi connectivity index (χ4n) is 2.97. The number of fused-ring (bicyclic) bond motifs is 3. The van der Waals surface area contributed by atoms with E-state index in [0.717, 1.165) is 10.8 Å². The van der Waals surface area contributed by atoms with Crippen molar-refractivity contribution in [3.63, 3.8) is 0 Å². The summed E-state index contributed by atoms with van der Waals surface area (Å²) >= 11 is 0. The van der Waals surface area contributed by atoms with E-state index >= 15 is 0 Å². The van der Waals surface area contributed by atoms with Crippen molar-refractivity contribution < 1.29 is 24.0 Å². The number of nitrogens with two attached hydrogens (primary N) is 1. The van der Waals surface area contributed by atoms with E-state index < -0.39 is 17.9 Å². The quantitative estimate of drug-likeness (QED) is 0.518. The molecule has 27 heavy (non-hydrogen) atoms. The molecule has 142 valence electrons. The Morgan fingerprint density at radius 1 is 1.26 bits per heavy atom. The summed E-state index contributed by atoms with van der Waals surface area (Å²) in [6, 6.07) is 8.05. The molecule has 0 unspecified atom stereocenters. The van der Waals surface area contributed by atoms with Gasteiger partial charge in [0.15, 0.2) is 11.3 Å². The number of amides is 1. The number of hydrogen-bond acceptors (Lipinski definition) is 6.